The summed E-state index contributed by atoms with van der Waals surface area (Å²) in [5.74, 6) is 0.495. The number of hydrogen-bond acceptors (Lipinski definition) is 6. The van der Waals surface area contributed by atoms with Crippen LogP contribution in [0, 0.1) is 0 Å². The molecule has 0 radical (unpaired) electrons. The number of nitrogens with one attached hydrogen (secondary N) is 1. The summed E-state index contributed by atoms with van der Waals surface area (Å²) in [6.07, 6.45) is -2.94. The number of amides is 1. The number of nitrogens with zero attached hydrogens (tertiary/aromatic N) is 2. The molecule has 1 heterocycles. The van der Waals surface area contributed by atoms with Crippen molar-refractivity contribution in [3.63, 3.8) is 0 Å². The van der Waals surface area contributed by atoms with Crippen molar-refractivity contribution in [2.75, 3.05) is 6.54 Å². The Morgan fingerprint density at radius 2 is 2.00 bits per heavy atom. The summed E-state index contributed by atoms with van der Waals surface area (Å²) in [6, 6.07) is 4.82. The van der Waals surface area contributed by atoms with Gasteiger partial charge in [0.2, 0.25) is 11.8 Å². The second kappa shape index (κ2) is 10.1. The van der Waals surface area contributed by atoms with Crippen molar-refractivity contribution >= 4 is 5.91 Å². The number of aromatic nitrogens is 2. The van der Waals surface area contributed by atoms with Gasteiger partial charge in [-0.2, -0.15) is 4.98 Å². The second-order valence-corrected chi connectivity index (χ2v) is 6.14. The molecule has 1 aromatic carbocycles. The summed E-state index contributed by atoms with van der Waals surface area (Å²) >= 11 is 0. The van der Waals surface area contributed by atoms with Crippen LogP contribution in [0.4, 0.5) is 13.2 Å². The predicted octanol–water partition coefficient (Wildman–Crippen LogP) is 3.09. The molecule has 0 aliphatic heterocycles. The summed E-state index contributed by atoms with van der Waals surface area (Å²) in [5.41, 5.74) is 0.365. The van der Waals surface area contributed by atoms with Crippen molar-refractivity contribution in [1.82, 2.24) is 15.5 Å². The standard InChI is InChI=1S/C18H22F3N3O4/c1-2-4-15-23-17(28-24-15)6-3-5-16(26)22-11-14(25)12-7-9-13(10-8-12)27-18(19,20)21/h7-10,14,25H,2-6,11H2,1H3,(H,22,26)/t14-/m0/s1. The monoisotopic (exact) mass is 401 g/mol. The number of benzene rings is 1. The third-order valence-corrected chi connectivity index (χ3v) is 3.77. The van der Waals surface area contributed by atoms with Gasteiger partial charge in [0.15, 0.2) is 5.82 Å². The van der Waals surface area contributed by atoms with E-state index in [0.29, 0.717) is 30.1 Å². The third-order valence-electron chi connectivity index (χ3n) is 3.77. The van der Waals surface area contributed by atoms with E-state index in [1.807, 2.05) is 6.92 Å². The lowest BCUT2D eigenvalue weighted by atomic mass is 10.1. The van der Waals surface area contributed by atoms with Crippen molar-refractivity contribution in [3.8, 4) is 5.75 Å². The van der Waals surface area contributed by atoms with Gasteiger partial charge in [-0.05, 0) is 30.5 Å². The molecule has 1 atom stereocenters. The minimum Gasteiger partial charge on any atom is -0.406 e. The second-order valence-electron chi connectivity index (χ2n) is 6.14. The van der Waals surface area contributed by atoms with Crippen LogP contribution in [0.5, 0.6) is 5.75 Å². The number of hydrogen-bond donors (Lipinski definition) is 2. The number of rotatable bonds is 10. The van der Waals surface area contributed by atoms with Crippen LogP contribution in [0.1, 0.15) is 49.6 Å². The van der Waals surface area contributed by atoms with Crippen LogP contribution in [-0.2, 0) is 17.6 Å². The fourth-order valence-electron chi connectivity index (χ4n) is 2.43. The van der Waals surface area contributed by atoms with E-state index >= 15 is 0 Å². The maximum atomic E-state index is 12.1. The zero-order valence-corrected chi connectivity index (χ0v) is 15.3. The fourth-order valence-corrected chi connectivity index (χ4v) is 2.43. The Bertz CT molecular complexity index is 747. The van der Waals surface area contributed by atoms with Crippen LogP contribution in [-0.4, -0.2) is 34.1 Å². The number of aliphatic hydroxyl groups excluding tert-OH is 1. The molecule has 7 nitrogen and oxygen atoms in total. The van der Waals surface area contributed by atoms with Gasteiger partial charge in [0.1, 0.15) is 5.75 Å². The van der Waals surface area contributed by atoms with E-state index < -0.39 is 12.5 Å². The predicted molar refractivity (Wildman–Crippen MR) is 92.3 cm³/mol. The Balaban J connectivity index is 1.69. The van der Waals surface area contributed by atoms with Crippen molar-refractivity contribution in [2.24, 2.45) is 0 Å². The van der Waals surface area contributed by atoms with E-state index in [2.05, 4.69) is 20.2 Å². The normalized spacial score (nSPS) is 12.6. The number of ether oxygens (including phenoxy) is 1. The molecule has 0 bridgehead atoms. The van der Waals surface area contributed by atoms with Gasteiger partial charge in [0.25, 0.3) is 0 Å². The largest absolute Gasteiger partial charge is 0.573 e. The van der Waals surface area contributed by atoms with Gasteiger partial charge in [0, 0.05) is 25.8 Å². The smallest absolute Gasteiger partial charge is 0.406 e. The van der Waals surface area contributed by atoms with E-state index in [1.165, 1.54) is 12.1 Å². The zero-order valence-electron chi connectivity index (χ0n) is 15.3. The Morgan fingerprint density at radius 3 is 2.64 bits per heavy atom. The summed E-state index contributed by atoms with van der Waals surface area (Å²) in [4.78, 5) is 16.1. The highest BCUT2D eigenvalue weighted by Gasteiger charge is 2.31. The zero-order chi connectivity index (χ0) is 20.6. The molecule has 2 rings (SSSR count). The SMILES string of the molecule is CCCc1noc(CCCC(=O)NC[C@H](O)c2ccc(OC(F)(F)F)cc2)n1. The number of halogens is 3. The van der Waals surface area contributed by atoms with E-state index in [0.717, 1.165) is 25.0 Å². The number of aryl methyl sites for hydroxylation is 2. The van der Waals surface area contributed by atoms with Crippen LogP contribution in [0.25, 0.3) is 0 Å². The molecule has 28 heavy (non-hydrogen) atoms. The summed E-state index contributed by atoms with van der Waals surface area (Å²) < 4.78 is 45.2. The van der Waals surface area contributed by atoms with E-state index in [4.69, 9.17) is 4.52 Å². The molecule has 0 aliphatic carbocycles. The minimum absolute atomic E-state index is 0.0560. The van der Waals surface area contributed by atoms with Crippen molar-refractivity contribution < 1.29 is 32.3 Å². The van der Waals surface area contributed by atoms with Crippen LogP contribution in [0.3, 0.4) is 0 Å². The first-order valence-corrected chi connectivity index (χ1v) is 8.88. The molecular weight excluding hydrogens is 379 g/mol. The molecule has 1 amide bonds. The van der Waals surface area contributed by atoms with Crippen molar-refractivity contribution in [3.05, 3.63) is 41.5 Å². The third kappa shape index (κ3) is 7.55. The lowest BCUT2D eigenvalue weighted by Gasteiger charge is -2.13. The molecule has 0 spiro atoms. The van der Waals surface area contributed by atoms with Gasteiger partial charge in [-0.15, -0.1) is 13.2 Å². The Kier molecular flexibility index (Phi) is 7.80. The number of carbonyl (C=O) groups excluding carboxylic acids is 1. The maximum absolute atomic E-state index is 12.1. The topological polar surface area (TPSA) is 97.5 Å². The Labute approximate surface area is 159 Å². The number of aliphatic hydroxyl groups is 1. The molecule has 1 aromatic heterocycles. The average molecular weight is 401 g/mol. The molecule has 2 aromatic rings. The average Bonchev–Trinajstić information content (AvgIpc) is 3.07. The van der Waals surface area contributed by atoms with Gasteiger partial charge in [-0.1, -0.05) is 24.2 Å². The molecule has 0 fully saturated rings. The highest BCUT2D eigenvalue weighted by Crippen LogP contribution is 2.24. The van der Waals surface area contributed by atoms with E-state index in [1.54, 1.807) is 0 Å². The summed E-state index contributed by atoms with van der Waals surface area (Å²) in [7, 11) is 0. The highest BCUT2D eigenvalue weighted by atomic mass is 19.4. The fraction of sp³-hybridized carbons (Fsp3) is 0.500. The molecule has 10 heteroatoms. The number of alkyl halides is 3. The lowest BCUT2D eigenvalue weighted by molar-refractivity contribution is -0.274. The number of carbonyl (C=O) groups is 1. The molecule has 0 aliphatic rings. The Hall–Kier alpha value is -2.62. The van der Waals surface area contributed by atoms with E-state index in [9.17, 15) is 23.1 Å². The summed E-state index contributed by atoms with van der Waals surface area (Å²) in [5, 5.41) is 16.4. The van der Waals surface area contributed by atoms with Gasteiger partial charge in [-0.25, -0.2) is 0 Å². The van der Waals surface area contributed by atoms with Gasteiger partial charge >= 0.3 is 6.36 Å². The molecule has 154 valence electrons. The van der Waals surface area contributed by atoms with Gasteiger partial charge in [-0.3, -0.25) is 4.79 Å². The van der Waals surface area contributed by atoms with Crippen LogP contribution < -0.4 is 10.1 Å². The first-order chi connectivity index (χ1) is 13.3. The van der Waals surface area contributed by atoms with Crippen LogP contribution in [0.15, 0.2) is 28.8 Å². The van der Waals surface area contributed by atoms with Crippen LogP contribution in [0.2, 0.25) is 0 Å². The minimum atomic E-state index is -4.77. The Morgan fingerprint density at radius 1 is 1.29 bits per heavy atom. The van der Waals surface area contributed by atoms with Crippen molar-refractivity contribution in [2.45, 2.75) is 51.5 Å². The maximum Gasteiger partial charge on any atom is 0.573 e. The highest BCUT2D eigenvalue weighted by molar-refractivity contribution is 5.75. The molecule has 2 N–H and O–H groups in total. The van der Waals surface area contributed by atoms with Crippen LogP contribution >= 0.6 is 0 Å². The molecule has 0 saturated carbocycles. The lowest BCUT2D eigenvalue weighted by Crippen LogP contribution is -2.28. The molecule has 0 unspecified atom stereocenters. The van der Waals surface area contributed by atoms with E-state index in [-0.39, 0.29) is 24.6 Å². The molecular formula is C18H22F3N3O4. The molecule has 0 saturated heterocycles. The summed E-state index contributed by atoms with van der Waals surface area (Å²) in [6.45, 7) is 1.96. The van der Waals surface area contributed by atoms with Gasteiger partial charge < -0.3 is 19.7 Å². The van der Waals surface area contributed by atoms with Gasteiger partial charge in [0.05, 0.1) is 6.10 Å². The first-order valence-electron chi connectivity index (χ1n) is 8.88. The van der Waals surface area contributed by atoms with Crippen molar-refractivity contribution in [1.29, 1.82) is 0 Å². The quantitative estimate of drug-likeness (QED) is 0.635. The first kappa shape index (κ1) is 21.7.